The monoisotopic (exact) mass is 349 g/mol. The lowest BCUT2D eigenvalue weighted by atomic mass is 10.0. The van der Waals surface area contributed by atoms with Gasteiger partial charge in [-0.1, -0.05) is 22.0 Å². The largest absolute Gasteiger partial charge is 0.496 e. The second-order valence-electron chi connectivity index (χ2n) is 5.31. The fourth-order valence-corrected chi connectivity index (χ4v) is 2.71. The van der Waals surface area contributed by atoms with Crippen LogP contribution < -0.4 is 10.1 Å². The van der Waals surface area contributed by atoms with Gasteiger partial charge in [-0.2, -0.15) is 0 Å². The summed E-state index contributed by atoms with van der Waals surface area (Å²) in [6, 6.07) is 11.4. The number of methoxy groups -OCH3 is 1. The van der Waals surface area contributed by atoms with Crippen LogP contribution in [-0.4, -0.2) is 13.2 Å². The molecule has 4 heteroatoms. The van der Waals surface area contributed by atoms with Crippen LogP contribution in [-0.2, 0) is 6.54 Å². The van der Waals surface area contributed by atoms with E-state index in [4.69, 9.17) is 4.74 Å². The molecule has 0 unspecified atom stereocenters. The van der Waals surface area contributed by atoms with Crippen molar-refractivity contribution in [2.45, 2.75) is 25.4 Å². The minimum Gasteiger partial charge on any atom is -0.496 e. The van der Waals surface area contributed by atoms with Gasteiger partial charge in [0.1, 0.15) is 11.6 Å². The molecule has 2 nitrogen and oxygen atoms in total. The van der Waals surface area contributed by atoms with Crippen LogP contribution >= 0.6 is 15.9 Å². The second-order valence-corrected chi connectivity index (χ2v) is 6.22. The predicted molar refractivity (Wildman–Crippen MR) is 85.9 cm³/mol. The van der Waals surface area contributed by atoms with Crippen molar-refractivity contribution in [2.24, 2.45) is 0 Å². The third kappa shape index (κ3) is 3.44. The van der Waals surface area contributed by atoms with Crippen molar-refractivity contribution in [3.8, 4) is 16.9 Å². The highest BCUT2D eigenvalue weighted by Crippen LogP contribution is 2.31. The number of hydrogen-bond donors (Lipinski definition) is 1. The van der Waals surface area contributed by atoms with Crippen molar-refractivity contribution in [3.05, 3.63) is 52.3 Å². The Hall–Kier alpha value is -1.39. The van der Waals surface area contributed by atoms with Gasteiger partial charge in [0.15, 0.2) is 0 Å². The lowest BCUT2D eigenvalue weighted by Gasteiger charge is -2.12. The van der Waals surface area contributed by atoms with Gasteiger partial charge in [0.2, 0.25) is 0 Å². The maximum absolute atomic E-state index is 14.0. The quantitative estimate of drug-likeness (QED) is 0.856. The average Bonchev–Trinajstić information content (AvgIpc) is 3.31. The highest BCUT2D eigenvalue weighted by Gasteiger charge is 2.20. The van der Waals surface area contributed by atoms with E-state index in [9.17, 15) is 4.39 Å². The number of benzene rings is 2. The maximum atomic E-state index is 14.0. The summed E-state index contributed by atoms with van der Waals surface area (Å²) in [5, 5.41) is 3.47. The molecule has 0 bridgehead atoms. The van der Waals surface area contributed by atoms with E-state index in [1.165, 1.54) is 18.9 Å². The van der Waals surface area contributed by atoms with E-state index in [2.05, 4.69) is 21.2 Å². The third-order valence-electron chi connectivity index (χ3n) is 3.68. The molecule has 0 saturated heterocycles. The molecule has 1 aliphatic carbocycles. The van der Waals surface area contributed by atoms with Gasteiger partial charge in [-0.3, -0.25) is 0 Å². The number of halogens is 2. The molecular formula is C17H17BrFNO. The molecule has 110 valence electrons. The summed E-state index contributed by atoms with van der Waals surface area (Å²) in [7, 11) is 1.66. The fourth-order valence-electron chi connectivity index (χ4n) is 2.34. The first-order chi connectivity index (χ1) is 10.2. The summed E-state index contributed by atoms with van der Waals surface area (Å²) in [5.41, 5.74) is 2.52. The van der Waals surface area contributed by atoms with Crippen molar-refractivity contribution >= 4 is 15.9 Å². The molecular weight excluding hydrogens is 333 g/mol. The van der Waals surface area contributed by atoms with Crippen LogP contribution in [0.5, 0.6) is 5.75 Å². The molecule has 2 aromatic rings. The molecule has 0 heterocycles. The van der Waals surface area contributed by atoms with Crippen LogP contribution in [0.25, 0.3) is 11.1 Å². The smallest absolute Gasteiger partial charge is 0.131 e. The minimum absolute atomic E-state index is 0.218. The van der Waals surface area contributed by atoms with Gasteiger partial charge in [0.25, 0.3) is 0 Å². The van der Waals surface area contributed by atoms with Gasteiger partial charge in [0.05, 0.1) is 7.11 Å². The van der Waals surface area contributed by atoms with E-state index in [0.29, 0.717) is 11.6 Å². The summed E-state index contributed by atoms with van der Waals surface area (Å²) < 4.78 is 20.3. The highest BCUT2D eigenvalue weighted by molar-refractivity contribution is 9.10. The Morgan fingerprint density at radius 1 is 1.24 bits per heavy atom. The fraction of sp³-hybridized carbons (Fsp3) is 0.294. The molecule has 0 amide bonds. The molecule has 2 aromatic carbocycles. The van der Waals surface area contributed by atoms with E-state index >= 15 is 0 Å². The van der Waals surface area contributed by atoms with E-state index in [1.807, 2.05) is 18.2 Å². The predicted octanol–water partition coefficient (Wildman–Crippen LogP) is 4.52. The first kappa shape index (κ1) is 14.5. The van der Waals surface area contributed by atoms with Gasteiger partial charge in [-0.05, 0) is 48.7 Å². The zero-order valence-electron chi connectivity index (χ0n) is 11.8. The summed E-state index contributed by atoms with van der Waals surface area (Å²) in [6.45, 7) is 0.747. The van der Waals surface area contributed by atoms with Crippen molar-refractivity contribution in [1.82, 2.24) is 5.32 Å². The molecule has 0 atom stereocenters. The minimum atomic E-state index is -0.218. The zero-order chi connectivity index (χ0) is 14.8. The van der Waals surface area contributed by atoms with E-state index in [-0.39, 0.29) is 5.82 Å². The summed E-state index contributed by atoms with van der Waals surface area (Å²) in [6.07, 6.45) is 2.48. The summed E-state index contributed by atoms with van der Waals surface area (Å²) in [4.78, 5) is 0. The lowest BCUT2D eigenvalue weighted by molar-refractivity contribution is 0.407. The van der Waals surface area contributed by atoms with Crippen LogP contribution in [0.1, 0.15) is 18.4 Å². The number of ether oxygens (including phenoxy) is 1. The van der Waals surface area contributed by atoms with Gasteiger partial charge in [0, 0.05) is 28.2 Å². The SMILES string of the molecule is COc1ccc(-c2cc(Br)ccc2F)cc1CNC1CC1. The Labute approximate surface area is 132 Å². The number of rotatable bonds is 5. The molecule has 1 saturated carbocycles. The molecule has 1 N–H and O–H groups in total. The molecule has 3 rings (SSSR count). The molecule has 0 aromatic heterocycles. The Morgan fingerprint density at radius 3 is 2.76 bits per heavy atom. The lowest BCUT2D eigenvalue weighted by Crippen LogP contribution is -2.15. The van der Waals surface area contributed by atoms with Crippen molar-refractivity contribution in [2.75, 3.05) is 7.11 Å². The molecule has 0 radical (unpaired) electrons. The van der Waals surface area contributed by atoms with Crippen molar-refractivity contribution in [3.63, 3.8) is 0 Å². The average molecular weight is 350 g/mol. The van der Waals surface area contributed by atoms with Crippen LogP contribution in [0.2, 0.25) is 0 Å². The zero-order valence-corrected chi connectivity index (χ0v) is 13.4. The van der Waals surface area contributed by atoms with E-state index in [0.717, 1.165) is 27.9 Å². The summed E-state index contributed by atoms with van der Waals surface area (Å²) >= 11 is 3.39. The van der Waals surface area contributed by atoms with E-state index in [1.54, 1.807) is 19.2 Å². The number of nitrogens with one attached hydrogen (secondary N) is 1. The van der Waals surface area contributed by atoms with Gasteiger partial charge < -0.3 is 10.1 Å². The van der Waals surface area contributed by atoms with Crippen LogP contribution in [0.4, 0.5) is 4.39 Å². The van der Waals surface area contributed by atoms with Gasteiger partial charge in [-0.25, -0.2) is 4.39 Å². The molecule has 1 fully saturated rings. The maximum Gasteiger partial charge on any atom is 0.131 e. The molecule has 0 aliphatic heterocycles. The molecule has 0 spiro atoms. The van der Waals surface area contributed by atoms with Gasteiger partial charge >= 0.3 is 0 Å². The second kappa shape index (κ2) is 6.16. The Bertz CT molecular complexity index is 655. The third-order valence-corrected chi connectivity index (χ3v) is 4.17. The van der Waals surface area contributed by atoms with Crippen LogP contribution in [0.3, 0.4) is 0 Å². The van der Waals surface area contributed by atoms with Crippen molar-refractivity contribution < 1.29 is 9.13 Å². The van der Waals surface area contributed by atoms with Crippen LogP contribution in [0, 0.1) is 5.82 Å². The Kier molecular flexibility index (Phi) is 4.27. The molecule has 1 aliphatic rings. The Morgan fingerprint density at radius 2 is 2.05 bits per heavy atom. The molecule has 21 heavy (non-hydrogen) atoms. The Balaban J connectivity index is 1.94. The first-order valence-corrected chi connectivity index (χ1v) is 7.82. The standard InChI is InChI=1S/C17H17BrFNO/c1-21-17-7-2-11(8-12(17)10-20-14-4-5-14)15-9-13(18)3-6-16(15)19/h2-3,6-9,14,20H,4-5,10H2,1H3. The van der Waals surface area contributed by atoms with Gasteiger partial charge in [-0.15, -0.1) is 0 Å². The first-order valence-electron chi connectivity index (χ1n) is 7.03. The highest BCUT2D eigenvalue weighted by atomic mass is 79.9. The number of hydrogen-bond acceptors (Lipinski definition) is 2. The summed E-state index contributed by atoms with van der Waals surface area (Å²) in [5.74, 6) is 0.617. The topological polar surface area (TPSA) is 21.3 Å². The van der Waals surface area contributed by atoms with Crippen molar-refractivity contribution in [1.29, 1.82) is 0 Å². The normalized spacial score (nSPS) is 14.2. The van der Waals surface area contributed by atoms with Crippen LogP contribution in [0.15, 0.2) is 40.9 Å². The van der Waals surface area contributed by atoms with E-state index < -0.39 is 0 Å².